The summed E-state index contributed by atoms with van der Waals surface area (Å²) >= 11 is 5.93. The zero-order valence-electron chi connectivity index (χ0n) is 16.1. The fraction of sp³-hybridized carbons (Fsp3) is 0.435. The summed E-state index contributed by atoms with van der Waals surface area (Å²) < 4.78 is 5.97. The second-order valence-electron chi connectivity index (χ2n) is 7.83. The zero-order chi connectivity index (χ0) is 19.3. The van der Waals surface area contributed by atoms with Crippen molar-refractivity contribution in [3.05, 3.63) is 64.7 Å². The number of rotatable bonds is 7. The minimum absolute atomic E-state index is 0.0624. The van der Waals surface area contributed by atoms with Crippen LogP contribution in [-0.4, -0.2) is 36.5 Å². The number of para-hydroxylation sites is 1. The summed E-state index contributed by atoms with van der Waals surface area (Å²) in [6.45, 7) is 3.15. The minimum Gasteiger partial charge on any atom is -0.488 e. The molecule has 1 saturated heterocycles. The average Bonchev–Trinajstić information content (AvgIpc) is 3.56. The average molecular weight is 399 g/mol. The van der Waals surface area contributed by atoms with Crippen LogP contribution in [0.4, 0.5) is 0 Å². The number of hydrogen-bond donors (Lipinski definition) is 1. The zero-order valence-corrected chi connectivity index (χ0v) is 16.8. The van der Waals surface area contributed by atoms with Gasteiger partial charge < -0.3 is 15.0 Å². The molecule has 0 bridgehead atoms. The molecule has 4 nitrogen and oxygen atoms in total. The van der Waals surface area contributed by atoms with Crippen LogP contribution in [-0.2, 0) is 6.61 Å². The molecule has 1 saturated carbocycles. The molecule has 1 aliphatic heterocycles. The smallest absolute Gasteiger partial charge is 0.257 e. The van der Waals surface area contributed by atoms with Crippen LogP contribution in [0.1, 0.15) is 41.6 Å². The molecule has 148 valence electrons. The Labute approximate surface area is 171 Å². The first-order valence-electron chi connectivity index (χ1n) is 10.2. The van der Waals surface area contributed by atoms with Gasteiger partial charge in [0.25, 0.3) is 5.91 Å². The Kier molecular flexibility index (Phi) is 6.18. The van der Waals surface area contributed by atoms with E-state index in [4.69, 9.17) is 16.3 Å². The van der Waals surface area contributed by atoms with Gasteiger partial charge in [0, 0.05) is 24.2 Å². The maximum Gasteiger partial charge on any atom is 0.257 e. The number of benzene rings is 2. The second kappa shape index (κ2) is 8.97. The molecule has 2 fully saturated rings. The Hall–Kier alpha value is -2.04. The highest BCUT2D eigenvalue weighted by atomic mass is 35.5. The standard InChI is InChI=1S/C23H27ClN2O2/c24-19-9-7-18(8-10-19)16-28-22-4-2-1-3-21(22)23(27)26-13-11-20(12-14-26)25-15-17-5-6-17/h1-4,7-10,17,20,25H,5-6,11-16H2. The monoisotopic (exact) mass is 398 g/mol. The first-order valence-corrected chi connectivity index (χ1v) is 10.6. The SMILES string of the molecule is O=C(c1ccccc1OCc1ccc(Cl)cc1)N1CCC(NCC2CC2)CC1. The van der Waals surface area contributed by atoms with E-state index in [0.717, 1.165) is 44.0 Å². The number of carbonyl (C=O) groups is 1. The third-order valence-electron chi connectivity index (χ3n) is 5.60. The summed E-state index contributed by atoms with van der Waals surface area (Å²) in [6.07, 6.45) is 4.78. The van der Waals surface area contributed by atoms with Crippen molar-refractivity contribution in [2.75, 3.05) is 19.6 Å². The summed E-state index contributed by atoms with van der Waals surface area (Å²) in [7, 11) is 0. The Morgan fingerprint density at radius 3 is 2.46 bits per heavy atom. The summed E-state index contributed by atoms with van der Waals surface area (Å²) in [6, 6.07) is 15.6. The van der Waals surface area contributed by atoms with Gasteiger partial charge in [0.15, 0.2) is 0 Å². The van der Waals surface area contributed by atoms with Crippen LogP contribution >= 0.6 is 11.6 Å². The highest BCUT2D eigenvalue weighted by Crippen LogP contribution is 2.28. The molecule has 0 radical (unpaired) electrons. The molecule has 2 aromatic rings. The fourth-order valence-electron chi connectivity index (χ4n) is 3.62. The van der Waals surface area contributed by atoms with E-state index in [1.165, 1.54) is 12.8 Å². The van der Waals surface area contributed by atoms with E-state index in [1.54, 1.807) is 0 Å². The minimum atomic E-state index is 0.0624. The van der Waals surface area contributed by atoms with Gasteiger partial charge in [-0.1, -0.05) is 35.9 Å². The van der Waals surface area contributed by atoms with E-state index in [0.29, 0.717) is 29.0 Å². The van der Waals surface area contributed by atoms with E-state index in [1.807, 2.05) is 53.4 Å². The third-order valence-corrected chi connectivity index (χ3v) is 5.85. The van der Waals surface area contributed by atoms with Crippen molar-refractivity contribution in [2.24, 2.45) is 5.92 Å². The van der Waals surface area contributed by atoms with Gasteiger partial charge in [-0.2, -0.15) is 0 Å². The highest BCUT2D eigenvalue weighted by Gasteiger charge is 2.27. The second-order valence-corrected chi connectivity index (χ2v) is 8.27. The van der Waals surface area contributed by atoms with Gasteiger partial charge in [0.2, 0.25) is 0 Å². The topological polar surface area (TPSA) is 41.6 Å². The molecule has 2 aliphatic rings. The first-order chi connectivity index (χ1) is 13.7. The number of likely N-dealkylation sites (tertiary alicyclic amines) is 1. The Morgan fingerprint density at radius 1 is 1.04 bits per heavy atom. The predicted octanol–water partition coefficient (Wildman–Crippen LogP) is 4.52. The molecule has 0 spiro atoms. The Balaban J connectivity index is 1.34. The van der Waals surface area contributed by atoms with Crippen molar-refractivity contribution >= 4 is 17.5 Å². The quantitative estimate of drug-likeness (QED) is 0.745. The lowest BCUT2D eigenvalue weighted by molar-refractivity contribution is 0.0700. The van der Waals surface area contributed by atoms with Gasteiger partial charge in [-0.15, -0.1) is 0 Å². The molecule has 1 heterocycles. The molecular formula is C23H27ClN2O2. The summed E-state index contributed by atoms with van der Waals surface area (Å²) in [5.41, 5.74) is 1.66. The number of halogens is 1. The van der Waals surface area contributed by atoms with Crippen LogP contribution in [0.2, 0.25) is 5.02 Å². The van der Waals surface area contributed by atoms with E-state index in [-0.39, 0.29) is 5.91 Å². The molecule has 1 aliphatic carbocycles. The lowest BCUT2D eigenvalue weighted by Gasteiger charge is -2.33. The van der Waals surface area contributed by atoms with Gasteiger partial charge in [-0.25, -0.2) is 0 Å². The molecular weight excluding hydrogens is 372 g/mol. The van der Waals surface area contributed by atoms with Crippen LogP contribution in [0.25, 0.3) is 0 Å². The number of piperidine rings is 1. The van der Waals surface area contributed by atoms with E-state index >= 15 is 0 Å². The molecule has 28 heavy (non-hydrogen) atoms. The van der Waals surface area contributed by atoms with Crippen LogP contribution < -0.4 is 10.1 Å². The van der Waals surface area contributed by atoms with Gasteiger partial charge in [0.1, 0.15) is 12.4 Å². The molecule has 1 amide bonds. The molecule has 0 unspecified atom stereocenters. The van der Waals surface area contributed by atoms with E-state index < -0.39 is 0 Å². The summed E-state index contributed by atoms with van der Waals surface area (Å²) in [4.78, 5) is 15.0. The number of nitrogens with one attached hydrogen (secondary N) is 1. The number of amides is 1. The number of hydrogen-bond acceptors (Lipinski definition) is 3. The van der Waals surface area contributed by atoms with Crippen LogP contribution in [0.5, 0.6) is 5.75 Å². The lowest BCUT2D eigenvalue weighted by Crippen LogP contribution is -2.45. The van der Waals surface area contributed by atoms with Crippen LogP contribution in [0.15, 0.2) is 48.5 Å². The van der Waals surface area contributed by atoms with Gasteiger partial charge in [0.05, 0.1) is 5.56 Å². The number of ether oxygens (including phenoxy) is 1. The number of carbonyl (C=O) groups excluding carboxylic acids is 1. The van der Waals surface area contributed by atoms with E-state index in [9.17, 15) is 4.79 Å². The molecule has 5 heteroatoms. The molecule has 2 aromatic carbocycles. The van der Waals surface area contributed by atoms with Crippen molar-refractivity contribution in [1.82, 2.24) is 10.2 Å². The lowest BCUT2D eigenvalue weighted by atomic mass is 10.0. The van der Waals surface area contributed by atoms with Crippen LogP contribution in [0.3, 0.4) is 0 Å². The Morgan fingerprint density at radius 2 is 1.75 bits per heavy atom. The largest absolute Gasteiger partial charge is 0.488 e. The highest BCUT2D eigenvalue weighted by molar-refractivity contribution is 6.30. The molecule has 4 rings (SSSR count). The van der Waals surface area contributed by atoms with Gasteiger partial charge in [-0.05, 0) is 68.0 Å². The molecule has 0 atom stereocenters. The Bertz CT molecular complexity index is 797. The summed E-state index contributed by atoms with van der Waals surface area (Å²) in [5, 5.41) is 4.37. The van der Waals surface area contributed by atoms with Crippen molar-refractivity contribution in [3.63, 3.8) is 0 Å². The van der Waals surface area contributed by atoms with Crippen molar-refractivity contribution in [1.29, 1.82) is 0 Å². The first kappa shape index (κ1) is 19.3. The molecule has 1 N–H and O–H groups in total. The molecule has 0 aromatic heterocycles. The normalized spacial score (nSPS) is 17.5. The van der Waals surface area contributed by atoms with Crippen LogP contribution in [0, 0.1) is 5.92 Å². The van der Waals surface area contributed by atoms with E-state index in [2.05, 4.69) is 5.32 Å². The predicted molar refractivity (Wildman–Crippen MR) is 112 cm³/mol. The third kappa shape index (κ3) is 5.06. The maximum absolute atomic E-state index is 13.1. The van der Waals surface area contributed by atoms with Gasteiger partial charge in [-0.3, -0.25) is 4.79 Å². The van der Waals surface area contributed by atoms with Crippen molar-refractivity contribution < 1.29 is 9.53 Å². The van der Waals surface area contributed by atoms with Gasteiger partial charge >= 0.3 is 0 Å². The number of nitrogens with zero attached hydrogens (tertiary/aromatic N) is 1. The summed E-state index contributed by atoms with van der Waals surface area (Å²) in [5.74, 6) is 1.59. The maximum atomic E-state index is 13.1. The van der Waals surface area contributed by atoms with Crippen molar-refractivity contribution in [3.8, 4) is 5.75 Å². The van der Waals surface area contributed by atoms with Crippen molar-refractivity contribution in [2.45, 2.75) is 38.3 Å². The fourth-order valence-corrected chi connectivity index (χ4v) is 3.75.